The van der Waals surface area contributed by atoms with Gasteiger partial charge in [0.2, 0.25) is 0 Å². The summed E-state index contributed by atoms with van der Waals surface area (Å²) in [5.41, 5.74) is 1.89. The number of anilines is 2. The number of amides is 1. The van der Waals surface area contributed by atoms with Gasteiger partial charge in [0.1, 0.15) is 5.75 Å². The number of carbonyl (C=O) groups is 1. The molecule has 0 aliphatic carbocycles. The lowest BCUT2D eigenvalue weighted by Crippen LogP contribution is -2.21. The van der Waals surface area contributed by atoms with E-state index in [0.717, 1.165) is 24.5 Å². The summed E-state index contributed by atoms with van der Waals surface area (Å²) < 4.78 is 5.44. The number of halogens is 2. The number of ether oxygens (including phenoxy) is 1. The largest absolute Gasteiger partial charge is 0.482 e. The first kappa shape index (κ1) is 16.9. The zero-order valence-electron chi connectivity index (χ0n) is 13.1. The van der Waals surface area contributed by atoms with Gasteiger partial charge in [0, 0.05) is 29.5 Å². The summed E-state index contributed by atoms with van der Waals surface area (Å²) in [4.78, 5) is 14.4. The summed E-state index contributed by atoms with van der Waals surface area (Å²) in [6.45, 7) is 2.01. The fourth-order valence-electron chi connectivity index (χ4n) is 2.69. The minimum absolute atomic E-state index is 0.116. The minimum atomic E-state index is -0.236. The molecule has 126 valence electrons. The second-order valence-corrected chi connectivity index (χ2v) is 6.50. The number of nitrogens with zero attached hydrogens (tertiary/aromatic N) is 1. The third-order valence-electron chi connectivity index (χ3n) is 3.85. The molecule has 1 aliphatic rings. The van der Waals surface area contributed by atoms with Gasteiger partial charge in [0.15, 0.2) is 6.61 Å². The van der Waals surface area contributed by atoms with Crippen LogP contribution in [0, 0.1) is 0 Å². The maximum absolute atomic E-state index is 12.1. The number of hydrogen-bond donors (Lipinski definition) is 1. The molecule has 24 heavy (non-hydrogen) atoms. The molecule has 0 unspecified atom stereocenters. The van der Waals surface area contributed by atoms with Crippen LogP contribution in [-0.2, 0) is 4.79 Å². The van der Waals surface area contributed by atoms with Crippen LogP contribution < -0.4 is 15.0 Å². The molecule has 4 nitrogen and oxygen atoms in total. The van der Waals surface area contributed by atoms with E-state index in [1.807, 2.05) is 18.2 Å². The number of carbonyl (C=O) groups excluding carboxylic acids is 1. The van der Waals surface area contributed by atoms with E-state index in [4.69, 9.17) is 27.9 Å². The zero-order valence-corrected chi connectivity index (χ0v) is 14.6. The van der Waals surface area contributed by atoms with Crippen LogP contribution >= 0.6 is 23.2 Å². The van der Waals surface area contributed by atoms with Gasteiger partial charge in [-0.2, -0.15) is 0 Å². The van der Waals surface area contributed by atoms with Gasteiger partial charge in [-0.25, -0.2) is 0 Å². The van der Waals surface area contributed by atoms with Crippen molar-refractivity contribution in [2.24, 2.45) is 0 Å². The average molecular weight is 365 g/mol. The Kier molecular flexibility index (Phi) is 5.48. The topological polar surface area (TPSA) is 41.6 Å². The van der Waals surface area contributed by atoms with E-state index in [2.05, 4.69) is 16.3 Å². The lowest BCUT2D eigenvalue weighted by atomic mass is 10.2. The van der Waals surface area contributed by atoms with Crippen molar-refractivity contribution in [1.29, 1.82) is 0 Å². The highest BCUT2D eigenvalue weighted by Gasteiger charge is 2.13. The molecule has 6 heteroatoms. The summed E-state index contributed by atoms with van der Waals surface area (Å²) in [5, 5.41) is 3.75. The Labute approximate surface area is 151 Å². The lowest BCUT2D eigenvalue weighted by molar-refractivity contribution is -0.118. The van der Waals surface area contributed by atoms with Crippen LogP contribution in [0.1, 0.15) is 12.8 Å². The predicted octanol–water partition coefficient (Wildman–Crippen LogP) is 4.61. The van der Waals surface area contributed by atoms with E-state index in [9.17, 15) is 4.79 Å². The Bertz CT molecular complexity index is 731. The van der Waals surface area contributed by atoms with Gasteiger partial charge in [-0.3, -0.25) is 4.79 Å². The normalized spacial score (nSPS) is 13.8. The molecule has 2 aromatic rings. The van der Waals surface area contributed by atoms with Gasteiger partial charge in [-0.1, -0.05) is 29.3 Å². The molecular formula is C18H18Cl2N2O2. The molecule has 1 aliphatic heterocycles. The Balaban J connectivity index is 1.57. The molecule has 1 heterocycles. The van der Waals surface area contributed by atoms with E-state index in [0.29, 0.717) is 15.8 Å². The molecular weight excluding hydrogens is 347 g/mol. The fraction of sp³-hybridized carbons (Fsp3) is 0.278. The van der Waals surface area contributed by atoms with Crippen LogP contribution in [0.2, 0.25) is 10.0 Å². The van der Waals surface area contributed by atoms with Crippen molar-refractivity contribution in [2.75, 3.05) is 29.9 Å². The van der Waals surface area contributed by atoms with E-state index >= 15 is 0 Å². The maximum Gasteiger partial charge on any atom is 0.262 e. The number of rotatable bonds is 5. The monoisotopic (exact) mass is 364 g/mol. The van der Waals surface area contributed by atoms with Gasteiger partial charge in [0.25, 0.3) is 5.91 Å². The van der Waals surface area contributed by atoms with Crippen molar-refractivity contribution in [1.82, 2.24) is 0 Å². The summed E-state index contributed by atoms with van der Waals surface area (Å²) >= 11 is 11.9. The maximum atomic E-state index is 12.1. The Hall–Kier alpha value is -1.91. The third kappa shape index (κ3) is 4.34. The molecule has 0 bridgehead atoms. The summed E-state index contributed by atoms with van der Waals surface area (Å²) in [7, 11) is 0. The van der Waals surface area contributed by atoms with Crippen molar-refractivity contribution in [3.05, 3.63) is 52.5 Å². The lowest BCUT2D eigenvalue weighted by Gasteiger charge is -2.18. The SMILES string of the molecule is O=C(COc1ccc(Cl)cc1Cl)Nc1cccc(N2CCCC2)c1. The van der Waals surface area contributed by atoms with Crippen molar-refractivity contribution >= 4 is 40.5 Å². The van der Waals surface area contributed by atoms with Gasteiger partial charge in [0.05, 0.1) is 5.02 Å². The summed E-state index contributed by atoms with van der Waals surface area (Å²) in [5.74, 6) is 0.196. The third-order valence-corrected chi connectivity index (χ3v) is 4.38. The molecule has 0 radical (unpaired) electrons. The smallest absolute Gasteiger partial charge is 0.262 e. The number of nitrogens with one attached hydrogen (secondary N) is 1. The first-order chi connectivity index (χ1) is 11.6. The van der Waals surface area contributed by atoms with Crippen LogP contribution in [0.4, 0.5) is 11.4 Å². The van der Waals surface area contributed by atoms with E-state index in [-0.39, 0.29) is 12.5 Å². The van der Waals surface area contributed by atoms with Crippen molar-refractivity contribution in [2.45, 2.75) is 12.8 Å². The Morgan fingerprint density at radius 1 is 1.12 bits per heavy atom. The van der Waals surface area contributed by atoms with Crippen molar-refractivity contribution in [3.8, 4) is 5.75 Å². The number of hydrogen-bond acceptors (Lipinski definition) is 3. The van der Waals surface area contributed by atoms with Crippen molar-refractivity contribution in [3.63, 3.8) is 0 Å². The standard InChI is InChI=1S/C18H18Cl2N2O2/c19-13-6-7-17(16(20)10-13)24-12-18(23)21-14-4-3-5-15(11-14)22-8-1-2-9-22/h3-7,10-11H,1-2,8-9,12H2,(H,21,23). The van der Waals surface area contributed by atoms with Gasteiger partial charge >= 0.3 is 0 Å². The second-order valence-electron chi connectivity index (χ2n) is 5.66. The molecule has 0 saturated carbocycles. The fourth-order valence-corrected chi connectivity index (χ4v) is 3.15. The molecule has 1 saturated heterocycles. The Morgan fingerprint density at radius 2 is 1.92 bits per heavy atom. The predicted molar refractivity (Wildman–Crippen MR) is 98.5 cm³/mol. The van der Waals surface area contributed by atoms with Crippen LogP contribution in [0.15, 0.2) is 42.5 Å². The Morgan fingerprint density at radius 3 is 2.67 bits per heavy atom. The highest BCUT2D eigenvalue weighted by molar-refractivity contribution is 6.35. The zero-order chi connectivity index (χ0) is 16.9. The minimum Gasteiger partial charge on any atom is -0.482 e. The van der Waals surface area contributed by atoms with Crippen LogP contribution in [-0.4, -0.2) is 25.6 Å². The van der Waals surface area contributed by atoms with Crippen LogP contribution in [0.5, 0.6) is 5.75 Å². The van der Waals surface area contributed by atoms with Crippen LogP contribution in [0.25, 0.3) is 0 Å². The highest BCUT2D eigenvalue weighted by Crippen LogP contribution is 2.27. The number of benzene rings is 2. The first-order valence-corrected chi connectivity index (χ1v) is 8.60. The van der Waals surface area contributed by atoms with E-state index < -0.39 is 0 Å². The average Bonchev–Trinajstić information content (AvgIpc) is 3.09. The summed E-state index contributed by atoms with van der Waals surface area (Å²) in [6, 6.07) is 12.7. The molecule has 0 spiro atoms. The highest BCUT2D eigenvalue weighted by atomic mass is 35.5. The first-order valence-electron chi connectivity index (χ1n) is 7.84. The van der Waals surface area contributed by atoms with Gasteiger partial charge in [-0.15, -0.1) is 0 Å². The second kappa shape index (κ2) is 7.77. The molecule has 3 rings (SSSR count). The van der Waals surface area contributed by atoms with E-state index in [1.165, 1.54) is 12.8 Å². The molecule has 0 aromatic heterocycles. The van der Waals surface area contributed by atoms with Crippen LogP contribution in [0.3, 0.4) is 0 Å². The quantitative estimate of drug-likeness (QED) is 0.841. The molecule has 1 amide bonds. The van der Waals surface area contributed by atoms with Crippen molar-refractivity contribution < 1.29 is 9.53 Å². The van der Waals surface area contributed by atoms with E-state index in [1.54, 1.807) is 18.2 Å². The molecule has 1 fully saturated rings. The molecule has 0 atom stereocenters. The molecule has 1 N–H and O–H groups in total. The molecule has 2 aromatic carbocycles. The summed E-state index contributed by atoms with van der Waals surface area (Å²) in [6.07, 6.45) is 2.43. The van der Waals surface area contributed by atoms with Gasteiger partial charge in [-0.05, 0) is 49.2 Å². The van der Waals surface area contributed by atoms with Gasteiger partial charge < -0.3 is 15.0 Å².